The first-order valence-corrected chi connectivity index (χ1v) is 7.79. The van der Waals surface area contributed by atoms with Gasteiger partial charge in [0.05, 0.1) is 0 Å². The predicted octanol–water partition coefficient (Wildman–Crippen LogP) is 2.65. The second-order valence-corrected chi connectivity index (χ2v) is 5.61. The number of rotatable bonds is 2. The van der Waals surface area contributed by atoms with Crippen LogP contribution in [-0.4, -0.2) is 32.6 Å². The van der Waals surface area contributed by atoms with Gasteiger partial charge in [-0.1, -0.05) is 0 Å². The van der Waals surface area contributed by atoms with Crippen LogP contribution in [-0.2, 0) is 0 Å². The first-order valence-electron chi connectivity index (χ1n) is 6.56. The highest BCUT2D eigenvalue weighted by molar-refractivity contribution is 7.98. The van der Waals surface area contributed by atoms with Crippen molar-refractivity contribution in [3.8, 4) is 11.5 Å². The molecule has 2 aliphatic rings. The van der Waals surface area contributed by atoms with Gasteiger partial charge in [-0.15, -0.1) is 11.8 Å². The Bertz CT molecular complexity index is 430. The van der Waals surface area contributed by atoms with Gasteiger partial charge in [0.25, 0.3) is 0 Å². The molecule has 1 aromatic rings. The number of hydrogen-bond donors (Lipinski definition) is 1. The minimum absolute atomic E-state index is 0.657. The summed E-state index contributed by atoms with van der Waals surface area (Å²) in [4.78, 5) is 1.34. The van der Waals surface area contributed by atoms with Gasteiger partial charge < -0.3 is 14.8 Å². The number of fused-ring (bicyclic) bond motifs is 1. The maximum absolute atomic E-state index is 5.70. The van der Waals surface area contributed by atoms with E-state index in [-0.39, 0.29) is 0 Å². The Morgan fingerprint density at radius 1 is 1.11 bits per heavy atom. The molecule has 3 nitrogen and oxygen atoms in total. The summed E-state index contributed by atoms with van der Waals surface area (Å²) in [5, 5.41) is 3.42. The third-order valence-corrected chi connectivity index (χ3v) is 4.47. The molecule has 0 unspecified atom stereocenters. The Kier molecular flexibility index (Phi) is 3.66. The Balaban J connectivity index is 1.95. The molecule has 18 heavy (non-hydrogen) atoms. The van der Waals surface area contributed by atoms with Gasteiger partial charge in [0.15, 0.2) is 11.5 Å². The smallest absolute Gasteiger partial charge is 0.162 e. The van der Waals surface area contributed by atoms with Crippen molar-refractivity contribution >= 4 is 11.8 Å². The Labute approximate surface area is 112 Å². The molecular formula is C14H19NO2S. The zero-order valence-electron chi connectivity index (χ0n) is 10.7. The Morgan fingerprint density at radius 3 is 2.44 bits per heavy atom. The fraction of sp³-hybridized carbons (Fsp3) is 0.571. The van der Waals surface area contributed by atoms with Gasteiger partial charge in [0.1, 0.15) is 13.2 Å². The number of thioether (sulfide) groups is 1. The van der Waals surface area contributed by atoms with Gasteiger partial charge in [-0.25, -0.2) is 0 Å². The summed E-state index contributed by atoms with van der Waals surface area (Å²) in [5.41, 5.74) is 1.44. The van der Waals surface area contributed by atoms with Crippen LogP contribution < -0.4 is 14.8 Å². The molecule has 2 aliphatic heterocycles. The van der Waals surface area contributed by atoms with Crippen molar-refractivity contribution in [2.75, 3.05) is 32.6 Å². The van der Waals surface area contributed by atoms with Gasteiger partial charge in [0, 0.05) is 4.90 Å². The third kappa shape index (κ3) is 2.31. The molecule has 1 aromatic carbocycles. The fourth-order valence-electron chi connectivity index (χ4n) is 2.71. The molecule has 3 rings (SSSR count). The van der Waals surface area contributed by atoms with Crippen LogP contribution in [0, 0.1) is 0 Å². The summed E-state index contributed by atoms with van der Waals surface area (Å²) >= 11 is 1.81. The Morgan fingerprint density at radius 2 is 1.78 bits per heavy atom. The van der Waals surface area contributed by atoms with Crippen LogP contribution in [0.25, 0.3) is 0 Å². The molecule has 2 heterocycles. The fourth-order valence-corrected chi connectivity index (χ4v) is 3.40. The highest BCUT2D eigenvalue weighted by Gasteiger charge is 2.22. The monoisotopic (exact) mass is 265 g/mol. The van der Waals surface area contributed by atoms with Crippen molar-refractivity contribution in [3.63, 3.8) is 0 Å². The zero-order chi connectivity index (χ0) is 12.4. The molecule has 0 aromatic heterocycles. The van der Waals surface area contributed by atoms with Crippen LogP contribution in [0.3, 0.4) is 0 Å². The van der Waals surface area contributed by atoms with Gasteiger partial charge in [0.2, 0.25) is 0 Å². The number of nitrogens with one attached hydrogen (secondary N) is 1. The molecule has 0 bridgehead atoms. The van der Waals surface area contributed by atoms with E-state index >= 15 is 0 Å². The van der Waals surface area contributed by atoms with E-state index in [9.17, 15) is 0 Å². The highest BCUT2D eigenvalue weighted by atomic mass is 32.2. The molecule has 1 fully saturated rings. The number of hydrogen-bond acceptors (Lipinski definition) is 4. The lowest BCUT2D eigenvalue weighted by atomic mass is 9.90. The predicted molar refractivity (Wildman–Crippen MR) is 74.1 cm³/mol. The Hall–Kier alpha value is -0.870. The molecule has 1 saturated heterocycles. The summed E-state index contributed by atoms with van der Waals surface area (Å²) in [7, 11) is 0. The standard InChI is InChI=1S/C14H19NO2S/c1-18-14-9-13-12(16-6-7-17-13)8-11(14)10-2-4-15-5-3-10/h8-10,15H,2-7H2,1H3. The van der Waals surface area contributed by atoms with Gasteiger partial charge in [-0.3, -0.25) is 0 Å². The van der Waals surface area contributed by atoms with Gasteiger partial charge in [-0.05, 0) is 55.8 Å². The maximum Gasteiger partial charge on any atom is 0.162 e. The second-order valence-electron chi connectivity index (χ2n) is 4.76. The van der Waals surface area contributed by atoms with Crippen molar-refractivity contribution in [3.05, 3.63) is 17.7 Å². The van der Waals surface area contributed by atoms with E-state index in [2.05, 4.69) is 23.7 Å². The van der Waals surface area contributed by atoms with Crippen molar-refractivity contribution < 1.29 is 9.47 Å². The quantitative estimate of drug-likeness (QED) is 0.833. The number of benzene rings is 1. The molecule has 4 heteroatoms. The summed E-state index contributed by atoms with van der Waals surface area (Å²) in [6, 6.07) is 4.35. The topological polar surface area (TPSA) is 30.5 Å². The number of piperidine rings is 1. The summed E-state index contributed by atoms with van der Waals surface area (Å²) in [6.07, 6.45) is 4.57. The van der Waals surface area contributed by atoms with Crippen LogP contribution in [0.15, 0.2) is 17.0 Å². The number of ether oxygens (including phenoxy) is 2. The van der Waals surface area contributed by atoms with E-state index in [0.717, 1.165) is 24.6 Å². The van der Waals surface area contributed by atoms with E-state index < -0.39 is 0 Å². The van der Waals surface area contributed by atoms with Crippen molar-refractivity contribution in [2.24, 2.45) is 0 Å². The third-order valence-electron chi connectivity index (χ3n) is 3.67. The van der Waals surface area contributed by atoms with Gasteiger partial charge in [-0.2, -0.15) is 0 Å². The minimum atomic E-state index is 0.657. The lowest BCUT2D eigenvalue weighted by molar-refractivity contribution is 0.170. The largest absolute Gasteiger partial charge is 0.486 e. The van der Waals surface area contributed by atoms with Crippen molar-refractivity contribution in [2.45, 2.75) is 23.7 Å². The van der Waals surface area contributed by atoms with Gasteiger partial charge >= 0.3 is 0 Å². The average Bonchev–Trinajstić information content (AvgIpc) is 2.46. The van der Waals surface area contributed by atoms with E-state index in [1.54, 1.807) is 11.8 Å². The summed E-state index contributed by atoms with van der Waals surface area (Å²) in [6.45, 7) is 3.56. The first-order chi connectivity index (χ1) is 8.88. The molecule has 0 aliphatic carbocycles. The van der Waals surface area contributed by atoms with E-state index in [4.69, 9.17) is 9.47 Å². The zero-order valence-corrected chi connectivity index (χ0v) is 11.5. The maximum atomic E-state index is 5.70. The first kappa shape index (κ1) is 12.2. The van der Waals surface area contributed by atoms with Crippen LogP contribution >= 0.6 is 11.8 Å². The normalized spacial score (nSPS) is 19.8. The highest BCUT2D eigenvalue weighted by Crippen LogP contribution is 2.41. The van der Waals surface area contributed by atoms with Crippen LogP contribution in [0.2, 0.25) is 0 Å². The summed E-state index contributed by atoms with van der Waals surface area (Å²) < 4.78 is 11.4. The lowest BCUT2D eigenvalue weighted by Gasteiger charge is -2.27. The molecule has 0 radical (unpaired) electrons. The molecule has 1 N–H and O–H groups in total. The van der Waals surface area contributed by atoms with Crippen molar-refractivity contribution in [1.82, 2.24) is 5.32 Å². The molecule has 0 amide bonds. The van der Waals surface area contributed by atoms with Crippen molar-refractivity contribution in [1.29, 1.82) is 0 Å². The minimum Gasteiger partial charge on any atom is -0.486 e. The van der Waals surface area contributed by atoms with Crippen LogP contribution in [0.5, 0.6) is 11.5 Å². The van der Waals surface area contributed by atoms with E-state index in [0.29, 0.717) is 19.1 Å². The lowest BCUT2D eigenvalue weighted by Crippen LogP contribution is -2.27. The summed E-state index contributed by atoms with van der Waals surface area (Å²) in [5.74, 6) is 2.49. The average molecular weight is 265 g/mol. The second kappa shape index (κ2) is 5.41. The SMILES string of the molecule is CSc1cc2c(cc1C1CCNCC1)OCCO2. The molecular weight excluding hydrogens is 246 g/mol. The molecule has 0 saturated carbocycles. The molecule has 0 atom stereocenters. The molecule has 0 spiro atoms. The van der Waals surface area contributed by atoms with E-state index in [1.165, 1.54) is 23.3 Å². The van der Waals surface area contributed by atoms with Crippen LogP contribution in [0.1, 0.15) is 24.3 Å². The van der Waals surface area contributed by atoms with Crippen LogP contribution in [0.4, 0.5) is 0 Å². The van der Waals surface area contributed by atoms with E-state index in [1.807, 2.05) is 0 Å². The molecule has 98 valence electrons.